The van der Waals surface area contributed by atoms with E-state index in [0.717, 1.165) is 17.9 Å². The molecule has 2 aromatic rings. The first-order valence-electron chi connectivity index (χ1n) is 5.46. The summed E-state index contributed by atoms with van der Waals surface area (Å²) in [5.41, 5.74) is 9.03. The van der Waals surface area contributed by atoms with E-state index in [-0.39, 0.29) is 0 Å². The maximum Gasteiger partial charge on any atom is 0.0426 e. The number of hydrogen-bond acceptors (Lipinski definition) is 2. The minimum Gasteiger partial charge on any atom is -0.399 e. The van der Waals surface area contributed by atoms with E-state index in [9.17, 15) is 0 Å². The fourth-order valence-electron chi connectivity index (χ4n) is 1.72. The molecule has 0 unspecified atom stereocenters. The Bertz CT molecular complexity index is 494. The van der Waals surface area contributed by atoms with Crippen LogP contribution in [0.3, 0.4) is 0 Å². The molecule has 0 saturated heterocycles. The summed E-state index contributed by atoms with van der Waals surface area (Å²) in [6.07, 6.45) is 0. The van der Waals surface area contributed by atoms with Crippen LogP contribution in [0.1, 0.15) is 5.56 Å². The van der Waals surface area contributed by atoms with Crippen LogP contribution in [-0.4, -0.2) is 7.05 Å². The number of nitrogen functional groups attached to an aromatic ring is 1. The van der Waals surface area contributed by atoms with Gasteiger partial charge in [-0.05, 0) is 58.5 Å². The minimum atomic E-state index is 0.803. The normalized spacial score (nSPS) is 10.2. The van der Waals surface area contributed by atoms with Gasteiger partial charge in [0.2, 0.25) is 0 Å². The Morgan fingerprint density at radius 1 is 1.12 bits per heavy atom. The van der Waals surface area contributed by atoms with Gasteiger partial charge in [-0.2, -0.15) is 0 Å². The van der Waals surface area contributed by atoms with Gasteiger partial charge in [-0.25, -0.2) is 0 Å². The molecule has 0 bridgehead atoms. The van der Waals surface area contributed by atoms with Gasteiger partial charge >= 0.3 is 0 Å². The molecule has 0 radical (unpaired) electrons. The van der Waals surface area contributed by atoms with E-state index in [4.69, 9.17) is 5.73 Å². The van der Waals surface area contributed by atoms with Crippen LogP contribution in [0.2, 0.25) is 0 Å². The van der Waals surface area contributed by atoms with Crippen molar-refractivity contribution >= 4 is 34.0 Å². The van der Waals surface area contributed by atoms with E-state index >= 15 is 0 Å². The van der Waals surface area contributed by atoms with Gasteiger partial charge in [0.05, 0.1) is 0 Å². The third-order valence-corrected chi connectivity index (χ3v) is 3.36. The van der Waals surface area contributed by atoms with Crippen LogP contribution in [0.25, 0.3) is 0 Å². The molecule has 0 atom stereocenters. The molecule has 17 heavy (non-hydrogen) atoms. The van der Waals surface area contributed by atoms with Crippen LogP contribution >= 0.6 is 22.6 Å². The second-order valence-electron chi connectivity index (χ2n) is 4.08. The molecule has 0 amide bonds. The Morgan fingerprint density at radius 3 is 2.47 bits per heavy atom. The predicted octanol–water partition coefficient (Wildman–Crippen LogP) is 3.51. The van der Waals surface area contributed by atoms with Gasteiger partial charge in [0.25, 0.3) is 0 Å². The van der Waals surface area contributed by atoms with Gasteiger partial charge < -0.3 is 10.6 Å². The summed E-state index contributed by atoms with van der Waals surface area (Å²) in [7, 11) is 2.08. The van der Waals surface area contributed by atoms with Crippen LogP contribution in [0.15, 0.2) is 48.5 Å². The van der Waals surface area contributed by atoms with Gasteiger partial charge in [-0.3, -0.25) is 0 Å². The van der Waals surface area contributed by atoms with Crippen LogP contribution in [0.4, 0.5) is 11.4 Å². The lowest BCUT2D eigenvalue weighted by Crippen LogP contribution is -2.16. The van der Waals surface area contributed by atoms with Crippen molar-refractivity contribution in [1.29, 1.82) is 0 Å². The molecular weight excluding hydrogens is 323 g/mol. The van der Waals surface area contributed by atoms with Gasteiger partial charge in [0, 0.05) is 28.5 Å². The first-order chi connectivity index (χ1) is 8.15. The summed E-state index contributed by atoms with van der Waals surface area (Å²) in [5.74, 6) is 0. The quantitative estimate of drug-likeness (QED) is 0.686. The summed E-state index contributed by atoms with van der Waals surface area (Å²) >= 11 is 2.32. The number of anilines is 2. The molecule has 2 nitrogen and oxygen atoms in total. The smallest absolute Gasteiger partial charge is 0.0426 e. The molecule has 0 heterocycles. The number of nitrogens with two attached hydrogens (primary N) is 1. The molecule has 0 aliphatic carbocycles. The highest BCUT2D eigenvalue weighted by atomic mass is 127. The summed E-state index contributed by atoms with van der Waals surface area (Å²) in [4.78, 5) is 2.19. The Morgan fingerprint density at radius 2 is 1.82 bits per heavy atom. The third kappa shape index (κ3) is 3.36. The topological polar surface area (TPSA) is 29.3 Å². The van der Waals surface area contributed by atoms with E-state index < -0.39 is 0 Å². The summed E-state index contributed by atoms with van der Waals surface area (Å²) in [5, 5.41) is 0. The summed E-state index contributed by atoms with van der Waals surface area (Å²) in [6.45, 7) is 0.889. The molecule has 0 aliphatic heterocycles. The van der Waals surface area contributed by atoms with Crippen molar-refractivity contribution in [2.24, 2.45) is 0 Å². The summed E-state index contributed by atoms with van der Waals surface area (Å²) in [6, 6.07) is 16.5. The monoisotopic (exact) mass is 338 g/mol. The standard InChI is InChI=1S/C14H15IN2/c1-17(14-4-2-3-13(16)9-14)10-11-5-7-12(15)8-6-11/h2-9H,10,16H2,1H3. The molecule has 2 aromatic carbocycles. The highest BCUT2D eigenvalue weighted by molar-refractivity contribution is 14.1. The maximum atomic E-state index is 5.78. The second kappa shape index (κ2) is 5.40. The summed E-state index contributed by atoms with van der Waals surface area (Å²) < 4.78 is 1.26. The zero-order chi connectivity index (χ0) is 12.3. The van der Waals surface area contributed by atoms with Gasteiger partial charge in [0.15, 0.2) is 0 Å². The fourth-order valence-corrected chi connectivity index (χ4v) is 2.08. The second-order valence-corrected chi connectivity index (χ2v) is 5.32. The first-order valence-corrected chi connectivity index (χ1v) is 6.54. The van der Waals surface area contributed by atoms with Crippen molar-refractivity contribution in [1.82, 2.24) is 0 Å². The molecule has 3 heteroatoms. The minimum absolute atomic E-state index is 0.803. The Balaban J connectivity index is 2.11. The average Bonchev–Trinajstić information content (AvgIpc) is 2.32. The van der Waals surface area contributed by atoms with Crippen LogP contribution in [0.5, 0.6) is 0 Å². The van der Waals surface area contributed by atoms with Crippen molar-refractivity contribution in [2.45, 2.75) is 6.54 Å². The molecule has 0 saturated carbocycles. The molecular formula is C14H15IN2. The highest BCUT2D eigenvalue weighted by Crippen LogP contribution is 2.18. The number of nitrogens with zero attached hydrogens (tertiary/aromatic N) is 1. The van der Waals surface area contributed by atoms with E-state index in [2.05, 4.69) is 64.9 Å². The van der Waals surface area contributed by atoms with Crippen LogP contribution in [0, 0.1) is 3.57 Å². The molecule has 0 aromatic heterocycles. The third-order valence-electron chi connectivity index (χ3n) is 2.64. The Kier molecular flexibility index (Phi) is 3.89. The van der Waals surface area contributed by atoms with Crippen molar-refractivity contribution < 1.29 is 0 Å². The maximum absolute atomic E-state index is 5.78. The van der Waals surface area contributed by atoms with Crippen molar-refractivity contribution in [2.75, 3.05) is 17.7 Å². The molecule has 2 rings (SSSR count). The van der Waals surface area contributed by atoms with Gasteiger partial charge in [-0.1, -0.05) is 18.2 Å². The van der Waals surface area contributed by atoms with E-state index in [1.54, 1.807) is 0 Å². The number of halogens is 1. The highest BCUT2D eigenvalue weighted by Gasteiger charge is 2.02. The Hall–Kier alpha value is -1.23. The molecule has 88 valence electrons. The van der Waals surface area contributed by atoms with E-state index in [1.165, 1.54) is 9.13 Å². The largest absolute Gasteiger partial charge is 0.399 e. The number of hydrogen-bond donors (Lipinski definition) is 1. The van der Waals surface area contributed by atoms with Gasteiger partial charge in [-0.15, -0.1) is 0 Å². The molecule has 0 spiro atoms. The average molecular weight is 338 g/mol. The van der Waals surface area contributed by atoms with E-state index in [1.807, 2.05) is 18.2 Å². The lowest BCUT2D eigenvalue weighted by Gasteiger charge is -2.19. The van der Waals surface area contributed by atoms with Crippen molar-refractivity contribution in [3.05, 3.63) is 57.7 Å². The number of benzene rings is 2. The Labute approximate surface area is 116 Å². The SMILES string of the molecule is CN(Cc1ccc(I)cc1)c1cccc(N)c1. The zero-order valence-corrected chi connectivity index (χ0v) is 11.9. The molecule has 0 aliphatic rings. The lowest BCUT2D eigenvalue weighted by atomic mass is 10.2. The molecule has 2 N–H and O–H groups in total. The van der Waals surface area contributed by atoms with Crippen LogP contribution < -0.4 is 10.6 Å². The lowest BCUT2D eigenvalue weighted by molar-refractivity contribution is 0.923. The predicted molar refractivity (Wildman–Crippen MR) is 82.1 cm³/mol. The zero-order valence-electron chi connectivity index (χ0n) is 9.73. The fraction of sp³-hybridized carbons (Fsp3) is 0.143. The van der Waals surface area contributed by atoms with Gasteiger partial charge in [0.1, 0.15) is 0 Å². The number of rotatable bonds is 3. The van der Waals surface area contributed by atoms with Crippen molar-refractivity contribution in [3.63, 3.8) is 0 Å². The van der Waals surface area contributed by atoms with Crippen molar-refractivity contribution in [3.8, 4) is 0 Å². The first kappa shape index (κ1) is 12.2. The van der Waals surface area contributed by atoms with Crippen LogP contribution in [-0.2, 0) is 6.54 Å². The molecule has 0 fully saturated rings. The van der Waals surface area contributed by atoms with E-state index in [0.29, 0.717) is 0 Å².